The Morgan fingerprint density at radius 1 is 1.28 bits per heavy atom. The lowest BCUT2D eigenvalue weighted by atomic mass is 9.95. The number of methoxy groups -OCH3 is 1. The third-order valence-corrected chi connectivity index (χ3v) is 7.25. The number of thiophene rings is 1. The van der Waals surface area contributed by atoms with Gasteiger partial charge in [0.05, 0.1) is 22.5 Å². The Morgan fingerprint density at radius 3 is 2.66 bits per heavy atom. The summed E-state index contributed by atoms with van der Waals surface area (Å²) in [6.45, 7) is -5.57. The molecule has 170 valence electrons. The van der Waals surface area contributed by atoms with Crippen molar-refractivity contribution in [3.05, 3.63) is 51.4 Å². The Hall–Kier alpha value is -2.32. The Bertz CT molecular complexity index is 1350. The first-order chi connectivity index (χ1) is 18.1. The molecule has 6 nitrogen and oxygen atoms in total. The van der Waals surface area contributed by atoms with Crippen molar-refractivity contribution in [1.29, 1.82) is 0 Å². The number of rotatable bonds is 6. The first-order valence-electron chi connectivity index (χ1n) is 13.7. The van der Waals surface area contributed by atoms with Gasteiger partial charge in [0.25, 0.3) is 5.91 Å². The van der Waals surface area contributed by atoms with E-state index in [-0.39, 0.29) is 31.8 Å². The first-order valence-corrected chi connectivity index (χ1v) is 11.8. The summed E-state index contributed by atoms with van der Waals surface area (Å²) in [7, 11) is 1.60. The molecule has 8 heteroatoms. The third-order valence-electron chi connectivity index (χ3n) is 5.68. The molecule has 0 bridgehead atoms. The van der Waals surface area contributed by atoms with E-state index in [0.717, 1.165) is 25.3 Å². The highest BCUT2D eigenvalue weighted by Crippen LogP contribution is 2.34. The number of aromatic nitrogens is 1. The van der Waals surface area contributed by atoms with Crippen LogP contribution in [0.4, 0.5) is 0 Å². The van der Waals surface area contributed by atoms with E-state index in [1.165, 1.54) is 11.3 Å². The molecular weight excluding hydrogens is 490 g/mol. The number of carbonyl (C=O) groups is 2. The number of hydrogen-bond acceptors (Lipinski definition) is 4. The van der Waals surface area contributed by atoms with Crippen LogP contribution in [0.3, 0.4) is 0 Å². The Balaban J connectivity index is 1.49. The summed E-state index contributed by atoms with van der Waals surface area (Å²) in [6, 6.07) is 8.31. The van der Waals surface area contributed by atoms with Crippen LogP contribution in [-0.2, 0) is 11.3 Å². The minimum absolute atomic E-state index is 0.193. The fraction of sp³-hybridized carbons (Fsp3) is 0.417. The molecule has 4 rings (SSSR count). The number of benzene rings is 1. The molecule has 0 radical (unpaired) electrons. The molecule has 1 aliphatic heterocycles. The molecule has 0 aliphatic carbocycles. The van der Waals surface area contributed by atoms with Crippen molar-refractivity contribution in [2.45, 2.75) is 39.1 Å². The van der Waals surface area contributed by atoms with Gasteiger partial charge in [0.2, 0.25) is 5.91 Å². The lowest BCUT2D eigenvalue weighted by Gasteiger charge is -2.32. The maximum Gasteiger partial charge on any atom is 0.270 e. The van der Waals surface area contributed by atoms with Crippen molar-refractivity contribution < 1.29 is 23.9 Å². The molecule has 3 heterocycles. The second kappa shape index (κ2) is 9.67. The second-order valence-corrected chi connectivity index (χ2v) is 10.2. The second-order valence-electron chi connectivity index (χ2n) is 7.69. The molecule has 32 heavy (non-hydrogen) atoms. The zero-order valence-corrected chi connectivity index (χ0v) is 19.9. The van der Waals surface area contributed by atoms with E-state index >= 15 is 0 Å². The molecule has 1 aromatic carbocycles. The Morgan fingerprint density at radius 2 is 2.00 bits per heavy atom. The predicted octanol–water partition coefficient (Wildman–Crippen LogP) is 4.90. The largest absolute Gasteiger partial charge is 0.497 e. The van der Waals surface area contributed by atoms with Gasteiger partial charge in [-0.2, -0.15) is 0 Å². The third kappa shape index (κ3) is 4.86. The number of ether oxygens (including phenoxy) is 1. The Kier molecular flexibility index (Phi) is 4.68. The maximum atomic E-state index is 13.6. The molecule has 2 aromatic heterocycles. The zero-order valence-electron chi connectivity index (χ0n) is 24.5. The maximum absolute atomic E-state index is 13.6. The van der Waals surface area contributed by atoms with Crippen LogP contribution in [0.15, 0.2) is 40.2 Å². The minimum Gasteiger partial charge on any atom is -0.497 e. The molecule has 1 saturated heterocycles. The fourth-order valence-electron chi connectivity index (χ4n) is 4.00. The van der Waals surface area contributed by atoms with Crippen LogP contribution in [0, 0.1) is 5.92 Å². The topological polar surface area (TPSA) is 63.6 Å². The van der Waals surface area contributed by atoms with Crippen LogP contribution in [0.5, 0.6) is 5.75 Å². The van der Waals surface area contributed by atoms with E-state index < -0.39 is 31.5 Å². The van der Waals surface area contributed by atoms with E-state index in [0.29, 0.717) is 12.2 Å². The van der Waals surface area contributed by atoms with Crippen LogP contribution in [0.1, 0.15) is 52.2 Å². The van der Waals surface area contributed by atoms with E-state index in [9.17, 15) is 9.59 Å². The number of amides is 2. The van der Waals surface area contributed by atoms with Crippen LogP contribution in [0.2, 0.25) is 0 Å². The van der Waals surface area contributed by atoms with Crippen molar-refractivity contribution in [1.82, 2.24) is 14.8 Å². The van der Waals surface area contributed by atoms with Gasteiger partial charge in [-0.25, -0.2) is 0 Å². The van der Waals surface area contributed by atoms with Gasteiger partial charge < -0.3 is 19.5 Å². The summed E-state index contributed by atoms with van der Waals surface area (Å²) in [5.74, 6) is -0.980. The van der Waals surface area contributed by atoms with Crippen molar-refractivity contribution >= 4 is 49.3 Å². The lowest BCUT2D eigenvalue weighted by Crippen LogP contribution is -2.44. The van der Waals surface area contributed by atoms with Crippen molar-refractivity contribution in [2.24, 2.45) is 5.92 Å². The van der Waals surface area contributed by atoms with Gasteiger partial charge in [-0.1, -0.05) is 12.1 Å². The van der Waals surface area contributed by atoms with Gasteiger partial charge >= 0.3 is 0 Å². The number of nitrogens with zero attached hydrogens (tertiary/aromatic N) is 2. The van der Waals surface area contributed by atoms with Crippen LogP contribution in [-0.4, -0.2) is 47.5 Å². The summed E-state index contributed by atoms with van der Waals surface area (Å²) in [6.07, 6.45) is 0.434. The van der Waals surface area contributed by atoms with Gasteiger partial charge in [-0.05, 0) is 72.3 Å². The molecule has 1 fully saturated rings. The van der Waals surface area contributed by atoms with Crippen molar-refractivity contribution in [3.8, 4) is 5.75 Å². The number of likely N-dealkylation sites (tertiary alicyclic amines) is 1. The van der Waals surface area contributed by atoms with Crippen LogP contribution in [0.25, 0.3) is 10.2 Å². The summed E-state index contributed by atoms with van der Waals surface area (Å²) in [5, 5.41) is 1.97. The predicted molar refractivity (Wildman–Crippen MR) is 132 cm³/mol. The number of piperidine rings is 1. The standard InChI is InChI=1S/C24H28BrN3O3S/c1-15(2)26-23(29)17-8-10-27(11-9-17)24(30)20-12-21-19(13-22(25)32-21)28(20)14-16-4-6-18(31-3)7-5-16/h4-7,12-13,15,17H,8-11,14H2,1-3H3,(H,26,29)/i1D3,2D3,15D. The van der Waals surface area contributed by atoms with Gasteiger partial charge in [0.15, 0.2) is 0 Å². The molecule has 0 unspecified atom stereocenters. The average molecular weight is 526 g/mol. The summed E-state index contributed by atoms with van der Waals surface area (Å²) in [5.41, 5.74) is 2.42. The van der Waals surface area contributed by atoms with Crippen molar-refractivity contribution in [2.75, 3.05) is 20.2 Å². The quantitative estimate of drug-likeness (QED) is 0.498. The number of fused-ring (bicyclic) bond motifs is 1. The van der Waals surface area contributed by atoms with Crippen LogP contribution < -0.4 is 10.1 Å². The van der Waals surface area contributed by atoms with E-state index in [2.05, 4.69) is 15.9 Å². The monoisotopic (exact) mass is 524 g/mol. The van der Waals surface area contributed by atoms with Gasteiger partial charge in [0.1, 0.15) is 11.4 Å². The van der Waals surface area contributed by atoms with Crippen LogP contribution >= 0.6 is 27.3 Å². The highest BCUT2D eigenvalue weighted by atomic mass is 79.9. The summed E-state index contributed by atoms with van der Waals surface area (Å²) < 4.78 is 62.2. The van der Waals surface area contributed by atoms with Crippen molar-refractivity contribution in [3.63, 3.8) is 0 Å². The van der Waals surface area contributed by atoms with E-state index in [4.69, 9.17) is 14.3 Å². The molecule has 0 saturated carbocycles. The summed E-state index contributed by atoms with van der Waals surface area (Å²) in [4.78, 5) is 28.1. The minimum atomic E-state index is -3.25. The Labute approximate surface area is 210 Å². The molecule has 1 aliphatic rings. The SMILES string of the molecule is [2H]C([2H])([2H])C([2H])(NC(=O)C1CCN(C(=O)c2cc3sc(Br)cc3n2Cc2ccc(OC)cc2)CC1)C([2H])([2H])[2H]. The highest BCUT2D eigenvalue weighted by molar-refractivity contribution is 9.11. The molecule has 2 amide bonds. The van der Waals surface area contributed by atoms with Gasteiger partial charge in [0, 0.05) is 39.8 Å². The lowest BCUT2D eigenvalue weighted by molar-refractivity contribution is -0.126. The molecule has 0 atom stereocenters. The first kappa shape index (κ1) is 15.5. The summed E-state index contributed by atoms with van der Waals surface area (Å²) >= 11 is 5.04. The normalized spacial score (nSPS) is 19.2. The fourth-order valence-corrected chi connectivity index (χ4v) is 5.57. The molecular formula is C24H28BrN3O3S. The molecule has 0 spiro atoms. The molecule has 3 aromatic rings. The number of carbonyl (C=O) groups excluding carboxylic acids is 2. The van der Waals surface area contributed by atoms with E-state index in [1.54, 1.807) is 12.0 Å². The molecule has 1 N–H and O–H groups in total. The van der Waals surface area contributed by atoms with E-state index in [1.807, 2.05) is 46.3 Å². The number of nitrogens with one attached hydrogen (secondary N) is 1. The smallest absolute Gasteiger partial charge is 0.270 e. The van der Waals surface area contributed by atoms with Gasteiger partial charge in [-0.3, -0.25) is 9.59 Å². The zero-order chi connectivity index (χ0) is 28.8. The highest BCUT2D eigenvalue weighted by Gasteiger charge is 2.30. The number of halogens is 1. The average Bonchev–Trinajstić information content (AvgIpc) is 3.39. The number of hydrogen-bond donors (Lipinski definition) is 1. The van der Waals surface area contributed by atoms with Gasteiger partial charge in [-0.15, -0.1) is 11.3 Å².